The van der Waals surface area contributed by atoms with E-state index in [0.29, 0.717) is 31.9 Å². The van der Waals surface area contributed by atoms with Crippen LogP contribution < -0.4 is 11.1 Å². The van der Waals surface area contributed by atoms with Crippen molar-refractivity contribution in [2.24, 2.45) is 5.73 Å². The Morgan fingerprint density at radius 1 is 1.40 bits per heavy atom. The third kappa shape index (κ3) is 4.58. The summed E-state index contributed by atoms with van der Waals surface area (Å²) in [6.07, 6.45) is 0. The molecule has 0 unspecified atom stereocenters. The number of nitrogens with one attached hydrogen (secondary N) is 1. The standard InChI is InChI=1S/C11H15N2O2/c12-6-8-15-9-7-13-11(14)10-4-2-1-3-5-10/h2-5H,6-9,12H2,(H,13,14). The van der Waals surface area contributed by atoms with Crippen molar-refractivity contribution in [3.8, 4) is 0 Å². The molecular weight excluding hydrogens is 192 g/mol. The summed E-state index contributed by atoms with van der Waals surface area (Å²) in [5.74, 6) is -0.0969. The van der Waals surface area contributed by atoms with Crippen molar-refractivity contribution in [1.29, 1.82) is 0 Å². The minimum absolute atomic E-state index is 0.0969. The molecule has 0 spiro atoms. The van der Waals surface area contributed by atoms with E-state index in [-0.39, 0.29) is 5.91 Å². The van der Waals surface area contributed by atoms with Crippen LogP contribution in [0, 0.1) is 6.07 Å². The van der Waals surface area contributed by atoms with Gasteiger partial charge in [0.25, 0.3) is 5.91 Å². The summed E-state index contributed by atoms with van der Waals surface area (Å²) in [7, 11) is 0. The number of ether oxygens (including phenoxy) is 1. The highest BCUT2D eigenvalue weighted by atomic mass is 16.5. The molecule has 15 heavy (non-hydrogen) atoms. The summed E-state index contributed by atoms with van der Waals surface area (Å²) in [6, 6.07) is 9.71. The van der Waals surface area contributed by atoms with E-state index < -0.39 is 0 Å². The molecule has 81 valence electrons. The predicted molar refractivity (Wildman–Crippen MR) is 57.5 cm³/mol. The normalized spacial score (nSPS) is 9.93. The fourth-order valence-corrected chi connectivity index (χ4v) is 1.06. The molecule has 0 saturated carbocycles. The van der Waals surface area contributed by atoms with E-state index in [9.17, 15) is 4.79 Å². The van der Waals surface area contributed by atoms with Crippen LogP contribution in [0.4, 0.5) is 0 Å². The lowest BCUT2D eigenvalue weighted by Gasteiger charge is -2.05. The molecule has 0 aromatic heterocycles. The topological polar surface area (TPSA) is 64.3 Å². The van der Waals surface area contributed by atoms with Gasteiger partial charge in [0.2, 0.25) is 0 Å². The smallest absolute Gasteiger partial charge is 0.251 e. The van der Waals surface area contributed by atoms with Crippen molar-refractivity contribution < 1.29 is 9.53 Å². The number of carbonyl (C=O) groups is 1. The van der Waals surface area contributed by atoms with E-state index in [0.717, 1.165) is 0 Å². The average Bonchev–Trinajstić information content (AvgIpc) is 2.30. The molecule has 0 fully saturated rings. The minimum atomic E-state index is -0.0969. The summed E-state index contributed by atoms with van der Waals surface area (Å²) in [6.45, 7) is 2.01. The number of hydrogen-bond acceptors (Lipinski definition) is 3. The highest BCUT2D eigenvalue weighted by Crippen LogP contribution is 1.96. The van der Waals surface area contributed by atoms with Gasteiger partial charge < -0.3 is 15.8 Å². The molecule has 1 radical (unpaired) electrons. The summed E-state index contributed by atoms with van der Waals surface area (Å²) in [5.41, 5.74) is 5.88. The fraction of sp³-hybridized carbons (Fsp3) is 0.364. The second-order valence-electron chi connectivity index (χ2n) is 2.95. The lowest BCUT2D eigenvalue weighted by molar-refractivity contribution is 0.0920. The SMILES string of the molecule is NCCOCCNC(=O)c1cc[c]cc1. The van der Waals surface area contributed by atoms with Gasteiger partial charge in [0.1, 0.15) is 0 Å². The quantitative estimate of drug-likeness (QED) is 0.655. The van der Waals surface area contributed by atoms with Gasteiger partial charge in [-0.25, -0.2) is 0 Å². The number of nitrogens with two attached hydrogens (primary N) is 1. The Morgan fingerprint density at radius 3 is 2.80 bits per heavy atom. The molecule has 1 rings (SSSR count). The molecule has 1 aromatic rings. The van der Waals surface area contributed by atoms with Crippen LogP contribution in [-0.2, 0) is 4.74 Å². The number of amides is 1. The molecule has 1 amide bonds. The Kier molecular flexibility index (Phi) is 5.43. The van der Waals surface area contributed by atoms with Gasteiger partial charge in [-0.1, -0.05) is 12.1 Å². The Balaban J connectivity index is 2.20. The van der Waals surface area contributed by atoms with E-state index in [4.69, 9.17) is 10.5 Å². The van der Waals surface area contributed by atoms with Gasteiger partial charge in [-0.2, -0.15) is 0 Å². The van der Waals surface area contributed by atoms with Crippen LogP contribution in [-0.4, -0.2) is 32.2 Å². The summed E-state index contributed by atoms with van der Waals surface area (Å²) < 4.78 is 5.12. The minimum Gasteiger partial charge on any atom is -0.378 e. The van der Waals surface area contributed by atoms with Gasteiger partial charge in [-0.15, -0.1) is 0 Å². The molecule has 0 aliphatic heterocycles. The summed E-state index contributed by atoms with van der Waals surface area (Å²) in [4.78, 5) is 11.5. The van der Waals surface area contributed by atoms with Crippen molar-refractivity contribution in [1.82, 2.24) is 5.32 Å². The molecule has 4 heteroatoms. The molecule has 0 heterocycles. The third-order valence-corrected chi connectivity index (χ3v) is 1.77. The maximum Gasteiger partial charge on any atom is 0.251 e. The fourth-order valence-electron chi connectivity index (χ4n) is 1.06. The third-order valence-electron chi connectivity index (χ3n) is 1.77. The number of hydrogen-bond donors (Lipinski definition) is 2. The maximum atomic E-state index is 11.5. The lowest BCUT2D eigenvalue weighted by Crippen LogP contribution is -2.27. The molecule has 0 aliphatic rings. The monoisotopic (exact) mass is 207 g/mol. The lowest BCUT2D eigenvalue weighted by atomic mass is 10.2. The van der Waals surface area contributed by atoms with Crippen LogP contribution >= 0.6 is 0 Å². The van der Waals surface area contributed by atoms with E-state index in [1.165, 1.54) is 0 Å². The zero-order valence-corrected chi connectivity index (χ0v) is 8.53. The van der Waals surface area contributed by atoms with E-state index in [1.807, 2.05) is 0 Å². The van der Waals surface area contributed by atoms with Crippen molar-refractivity contribution >= 4 is 5.91 Å². The van der Waals surface area contributed by atoms with Gasteiger partial charge in [-0.05, 0) is 18.2 Å². The maximum absolute atomic E-state index is 11.5. The Hall–Kier alpha value is -1.39. The largest absolute Gasteiger partial charge is 0.378 e. The van der Waals surface area contributed by atoms with E-state index in [1.54, 1.807) is 24.3 Å². The first kappa shape index (κ1) is 11.7. The van der Waals surface area contributed by atoms with Gasteiger partial charge in [0.15, 0.2) is 0 Å². The zero-order chi connectivity index (χ0) is 10.9. The molecule has 4 nitrogen and oxygen atoms in total. The van der Waals surface area contributed by atoms with Crippen LogP contribution in [0.3, 0.4) is 0 Å². The Labute approximate surface area is 89.4 Å². The molecular formula is C11H15N2O2. The molecule has 0 aliphatic carbocycles. The van der Waals surface area contributed by atoms with Crippen LogP contribution in [0.1, 0.15) is 10.4 Å². The number of benzene rings is 1. The van der Waals surface area contributed by atoms with Crippen LogP contribution in [0.2, 0.25) is 0 Å². The van der Waals surface area contributed by atoms with Crippen LogP contribution in [0.15, 0.2) is 24.3 Å². The van der Waals surface area contributed by atoms with Crippen molar-refractivity contribution in [2.45, 2.75) is 0 Å². The van der Waals surface area contributed by atoms with Crippen molar-refractivity contribution in [3.63, 3.8) is 0 Å². The average molecular weight is 207 g/mol. The molecule has 0 atom stereocenters. The molecule has 1 aromatic carbocycles. The molecule has 0 bridgehead atoms. The predicted octanol–water partition coefficient (Wildman–Crippen LogP) is 0.192. The first-order chi connectivity index (χ1) is 7.34. The van der Waals surface area contributed by atoms with Gasteiger partial charge in [0.05, 0.1) is 13.2 Å². The van der Waals surface area contributed by atoms with Gasteiger partial charge in [-0.3, -0.25) is 4.79 Å². The van der Waals surface area contributed by atoms with Crippen LogP contribution in [0.5, 0.6) is 0 Å². The highest BCUT2D eigenvalue weighted by Gasteiger charge is 2.02. The van der Waals surface area contributed by atoms with Gasteiger partial charge >= 0.3 is 0 Å². The van der Waals surface area contributed by atoms with Crippen molar-refractivity contribution in [2.75, 3.05) is 26.3 Å². The van der Waals surface area contributed by atoms with E-state index in [2.05, 4.69) is 11.4 Å². The first-order valence-electron chi connectivity index (χ1n) is 4.86. The first-order valence-corrected chi connectivity index (χ1v) is 4.86. The molecule has 0 saturated heterocycles. The summed E-state index contributed by atoms with van der Waals surface area (Å²) >= 11 is 0. The Morgan fingerprint density at radius 2 is 2.13 bits per heavy atom. The second kappa shape index (κ2) is 6.98. The number of carbonyl (C=O) groups excluding carboxylic acids is 1. The zero-order valence-electron chi connectivity index (χ0n) is 8.53. The van der Waals surface area contributed by atoms with Gasteiger partial charge in [0, 0.05) is 18.7 Å². The highest BCUT2D eigenvalue weighted by molar-refractivity contribution is 5.94. The van der Waals surface area contributed by atoms with Crippen LogP contribution in [0.25, 0.3) is 0 Å². The molecule has 3 N–H and O–H groups in total. The number of rotatable bonds is 6. The second-order valence-corrected chi connectivity index (χ2v) is 2.95. The van der Waals surface area contributed by atoms with Crippen molar-refractivity contribution in [3.05, 3.63) is 35.9 Å². The summed E-state index contributed by atoms with van der Waals surface area (Å²) in [5, 5.41) is 2.74. The van der Waals surface area contributed by atoms with E-state index >= 15 is 0 Å². The Bertz CT molecular complexity index is 288.